The highest BCUT2D eigenvalue weighted by Crippen LogP contribution is 2.20. The molecule has 0 unspecified atom stereocenters. The van der Waals surface area contributed by atoms with Crippen LogP contribution >= 0.6 is 23.8 Å². The van der Waals surface area contributed by atoms with Crippen molar-refractivity contribution >= 4 is 40.3 Å². The molecule has 3 rings (SSSR count). The highest BCUT2D eigenvalue weighted by Gasteiger charge is 2.09. The van der Waals surface area contributed by atoms with Gasteiger partial charge in [-0.1, -0.05) is 35.9 Å². The number of para-hydroxylation sites is 1. The number of benzene rings is 2. The van der Waals surface area contributed by atoms with E-state index in [1.165, 1.54) is 6.07 Å². The Morgan fingerprint density at radius 1 is 1.20 bits per heavy atom. The molecule has 7 heteroatoms. The Labute approximate surface area is 155 Å². The van der Waals surface area contributed by atoms with E-state index >= 15 is 0 Å². The monoisotopic (exact) mass is 374 g/mol. The van der Waals surface area contributed by atoms with Crippen molar-refractivity contribution in [3.63, 3.8) is 0 Å². The van der Waals surface area contributed by atoms with Crippen molar-refractivity contribution in [2.45, 2.75) is 13.5 Å². The zero-order valence-electron chi connectivity index (χ0n) is 13.5. The average molecular weight is 375 g/mol. The van der Waals surface area contributed by atoms with Gasteiger partial charge in [0.2, 0.25) is 0 Å². The van der Waals surface area contributed by atoms with Crippen LogP contribution in [0.3, 0.4) is 0 Å². The van der Waals surface area contributed by atoms with Gasteiger partial charge in [-0.25, -0.2) is 4.39 Å². The molecule has 0 aliphatic heterocycles. The van der Waals surface area contributed by atoms with Gasteiger partial charge in [0.25, 0.3) is 0 Å². The molecule has 4 nitrogen and oxygen atoms in total. The lowest BCUT2D eigenvalue weighted by Crippen LogP contribution is -2.19. The fourth-order valence-corrected chi connectivity index (χ4v) is 2.81. The summed E-state index contributed by atoms with van der Waals surface area (Å²) in [5.41, 5.74) is 3.14. The number of halogens is 2. The lowest BCUT2D eigenvalue weighted by Gasteiger charge is -2.11. The second-order valence-electron chi connectivity index (χ2n) is 5.52. The van der Waals surface area contributed by atoms with Crippen LogP contribution in [0.15, 0.2) is 54.9 Å². The van der Waals surface area contributed by atoms with Gasteiger partial charge in [-0.3, -0.25) is 4.68 Å². The molecule has 0 amide bonds. The Balaban J connectivity index is 1.66. The van der Waals surface area contributed by atoms with Gasteiger partial charge < -0.3 is 10.6 Å². The third kappa shape index (κ3) is 4.35. The molecular weight excluding hydrogens is 359 g/mol. The molecule has 1 heterocycles. The van der Waals surface area contributed by atoms with Gasteiger partial charge >= 0.3 is 0 Å². The Bertz CT molecular complexity index is 889. The summed E-state index contributed by atoms with van der Waals surface area (Å²) in [6, 6.07) is 12.5. The summed E-state index contributed by atoms with van der Waals surface area (Å²) in [5.74, 6) is -0.353. The van der Waals surface area contributed by atoms with Crippen LogP contribution in [0, 0.1) is 12.7 Å². The van der Waals surface area contributed by atoms with Gasteiger partial charge in [0.15, 0.2) is 5.11 Å². The van der Waals surface area contributed by atoms with Crippen molar-refractivity contribution in [1.29, 1.82) is 0 Å². The predicted octanol–water partition coefficient (Wildman–Crippen LogP) is 4.84. The molecule has 1 aromatic heterocycles. The minimum atomic E-state index is -0.353. The van der Waals surface area contributed by atoms with Crippen molar-refractivity contribution in [2.24, 2.45) is 0 Å². The van der Waals surface area contributed by atoms with Gasteiger partial charge in [0, 0.05) is 22.5 Å². The van der Waals surface area contributed by atoms with Crippen LogP contribution in [0.5, 0.6) is 0 Å². The number of nitrogens with zero attached hydrogens (tertiary/aromatic N) is 2. The normalized spacial score (nSPS) is 10.5. The summed E-state index contributed by atoms with van der Waals surface area (Å²) in [6.45, 7) is 2.24. The fraction of sp³-hybridized carbons (Fsp3) is 0.111. The summed E-state index contributed by atoms with van der Waals surface area (Å²) < 4.78 is 15.5. The first-order valence-corrected chi connectivity index (χ1v) is 8.40. The van der Waals surface area contributed by atoms with Crippen molar-refractivity contribution in [3.8, 4) is 0 Å². The molecule has 0 atom stereocenters. The van der Waals surface area contributed by atoms with E-state index in [-0.39, 0.29) is 12.4 Å². The standard InChI is InChI=1S/C18H16ClFN4S/c1-12-5-2-3-8-17(12)23-18(25)22-13-9-21-24(10-13)11-14-15(19)6-4-7-16(14)20/h2-10H,11H2,1H3,(H2,22,23,25). The smallest absolute Gasteiger partial charge is 0.175 e. The number of hydrogen-bond acceptors (Lipinski definition) is 2. The molecule has 128 valence electrons. The summed E-state index contributed by atoms with van der Waals surface area (Å²) in [6.07, 6.45) is 3.37. The SMILES string of the molecule is Cc1ccccc1NC(=S)Nc1cnn(Cc2c(F)cccc2Cl)c1. The quantitative estimate of drug-likeness (QED) is 0.641. The lowest BCUT2D eigenvalue weighted by molar-refractivity contribution is 0.585. The molecule has 0 aliphatic rings. The molecule has 2 aromatic carbocycles. The molecule has 0 fully saturated rings. The van der Waals surface area contributed by atoms with Gasteiger partial charge in [-0.2, -0.15) is 5.10 Å². The van der Waals surface area contributed by atoms with Gasteiger partial charge in [0.1, 0.15) is 5.82 Å². The zero-order chi connectivity index (χ0) is 17.8. The molecule has 25 heavy (non-hydrogen) atoms. The molecule has 2 N–H and O–H groups in total. The number of nitrogens with one attached hydrogen (secondary N) is 2. The second kappa shape index (κ2) is 7.63. The van der Waals surface area contributed by atoms with Crippen LogP contribution in [-0.2, 0) is 6.54 Å². The molecule has 0 bridgehead atoms. The zero-order valence-corrected chi connectivity index (χ0v) is 15.0. The number of aromatic nitrogens is 2. The summed E-state index contributed by atoms with van der Waals surface area (Å²) in [7, 11) is 0. The highest BCUT2D eigenvalue weighted by atomic mass is 35.5. The number of thiocarbonyl (C=S) groups is 1. The van der Waals surface area contributed by atoms with E-state index in [1.54, 1.807) is 29.2 Å². The topological polar surface area (TPSA) is 41.9 Å². The minimum Gasteiger partial charge on any atom is -0.332 e. The first kappa shape index (κ1) is 17.4. The minimum absolute atomic E-state index is 0.241. The van der Waals surface area contributed by atoms with E-state index in [1.807, 2.05) is 31.2 Å². The Hall–Kier alpha value is -2.44. The maximum Gasteiger partial charge on any atom is 0.175 e. The third-order valence-electron chi connectivity index (χ3n) is 3.67. The van der Waals surface area contributed by atoms with E-state index in [4.69, 9.17) is 23.8 Å². The van der Waals surface area contributed by atoms with Gasteiger partial charge in [-0.05, 0) is 42.9 Å². The number of hydrogen-bond donors (Lipinski definition) is 2. The molecular formula is C18H16ClFN4S. The summed E-state index contributed by atoms with van der Waals surface area (Å²) in [5, 5.41) is 11.2. The summed E-state index contributed by atoms with van der Waals surface area (Å²) >= 11 is 11.4. The van der Waals surface area contributed by atoms with E-state index < -0.39 is 0 Å². The molecule has 0 saturated heterocycles. The van der Waals surface area contributed by atoms with E-state index in [2.05, 4.69) is 15.7 Å². The van der Waals surface area contributed by atoms with Crippen LogP contribution in [0.25, 0.3) is 0 Å². The van der Waals surface area contributed by atoms with Gasteiger partial charge in [0.05, 0.1) is 18.4 Å². The highest BCUT2D eigenvalue weighted by molar-refractivity contribution is 7.80. The average Bonchev–Trinajstić information content (AvgIpc) is 3.00. The maximum absolute atomic E-state index is 13.9. The Morgan fingerprint density at radius 2 is 2.00 bits per heavy atom. The maximum atomic E-state index is 13.9. The largest absolute Gasteiger partial charge is 0.332 e. The Morgan fingerprint density at radius 3 is 2.76 bits per heavy atom. The molecule has 0 aliphatic carbocycles. The molecule has 3 aromatic rings. The number of rotatable bonds is 4. The lowest BCUT2D eigenvalue weighted by atomic mass is 10.2. The molecule has 0 radical (unpaired) electrons. The van der Waals surface area contributed by atoms with Crippen molar-refractivity contribution in [3.05, 3.63) is 76.8 Å². The first-order valence-electron chi connectivity index (χ1n) is 7.62. The van der Waals surface area contributed by atoms with Crippen molar-refractivity contribution in [2.75, 3.05) is 10.6 Å². The van der Waals surface area contributed by atoms with Crippen LogP contribution < -0.4 is 10.6 Å². The summed E-state index contributed by atoms with van der Waals surface area (Å²) in [4.78, 5) is 0. The van der Waals surface area contributed by atoms with Gasteiger partial charge in [-0.15, -0.1) is 0 Å². The Kier molecular flexibility index (Phi) is 5.31. The fourth-order valence-electron chi connectivity index (χ4n) is 2.36. The van der Waals surface area contributed by atoms with Crippen LogP contribution in [0.4, 0.5) is 15.8 Å². The van der Waals surface area contributed by atoms with Crippen molar-refractivity contribution < 1.29 is 4.39 Å². The molecule has 0 saturated carbocycles. The van der Waals surface area contributed by atoms with E-state index in [0.29, 0.717) is 21.4 Å². The number of anilines is 2. The number of aryl methyl sites for hydroxylation is 1. The van der Waals surface area contributed by atoms with Crippen LogP contribution in [0.2, 0.25) is 5.02 Å². The van der Waals surface area contributed by atoms with Crippen LogP contribution in [0.1, 0.15) is 11.1 Å². The van der Waals surface area contributed by atoms with Crippen LogP contribution in [-0.4, -0.2) is 14.9 Å². The van der Waals surface area contributed by atoms with E-state index in [9.17, 15) is 4.39 Å². The van der Waals surface area contributed by atoms with E-state index in [0.717, 1.165) is 11.3 Å². The molecule has 0 spiro atoms. The predicted molar refractivity (Wildman–Crippen MR) is 104 cm³/mol. The van der Waals surface area contributed by atoms with Crippen molar-refractivity contribution in [1.82, 2.24) is 9.78 Å². The second-order valence-corrected chi connectivity index (χ2v) is 6.34. The third-order valence-corrected chi connectivity index (χ3v) is 4.22. The first-order chi connectivity index (χ1) is 12.0.